The molecular weight excluding hydrogens is 480 g/mol. The number of ether oxygens (including phenoxy) is 2. The molecule has 1 unspecified atom stereocenters. The summed E-state index contributed by atoms with van der Waals surface area (Å²) in [6.45, 7) is 8.08. The lowest BCUT2D eigenvalue weighted by Gasteiger charge is -2.38. The second kappa shape index (κ2) is 12.1. The molecule has 0 aliphatic carbocycles. The highest BCUT2D eigenvalue weighted by Gasteiger charge is 2.33. The highest BCUT2D eigenvalue weighted by Crippen LogP contribution is 2.33. The summed E-state index contributed by atoms with van der Waals surface area (Å²) in [6, 6.07) is 17.3. The molecule has 0 saturated heterocycles. The van der Waals surface area contributed by atoms with Gasteiger partial charge in [-0.25, -0.2) is 4.79 Å². The number of rotatable bonds is 9. The number of nitrogens with zero attached hydrogens (tertiary/aromatic N) is 3. The van der Waals surface area contributed by atoms with Crippen molar-refractivity contribution in [3.05, 3.63) is 77.6 Å². The largest absolute Gasteiger partial charge is 0.497 e. The van der Waals surface area contributed by atoms with Crippen LogP contribution < -0.4 is 14.8 Å². The van der Waals surface area contributed by atoms with Gasteiger partial charge in [0, 0.05) is 55.4 Å². The van der Waals surface area contributed by atoms with Gasteiger partial charge >= 0.3 is 6.03 Å². The predicted octanol–water partition coefficient (Wildman–Crippen LogP) is 5.50. The van der Waals surface area contributed by atoms with Crippen LogP contribution in [0.5, 0.6) is 11.5 Å². The molecule has 4 rings (SSSR count). The van der Waals surface area contributed by atoms with Crippen LogP contribution in [0.3, 0.4) is 0 Å². The average molecular weight is 519 g/mol. The van der Waals surface area contributed by atoms with Gasteiger partial charge in [-0.3, -0.25) is 4.79 Å². The van der Waals surface area contributed by atoms with Crippen LogP contribution in [0.1, 0.15) is 56.0 Å². The number of aromatic nitrogens is 1. The normalized spacial score (nSPS) is 14.7. The number of carbonyl (C=O) groups excluding carboxylic acids is 2. The van der Waals surface area contributed by atoms with E-state index in [9.17, 15) is 9.59 Å². The third kappa shape index (κ3) is 5.96. The number of hydrogen-bond donors (Lipinski definition) is 1. The molecule has 1 N–H and O–H groups in total. The monoisotopic (exact) mass is 518 g/mol. The van der Waals surface area contributed by atoms with Crippen molar-refractivity contribution < 1.29 is 19.1 Å². The minimum absolute atomic E-state index is 0.0118. The molecule has 0 saturated carbocycles. The lowest BCUT2D eigenvalue weighted by molar-refractivity contribution is -0.134. The number of amides is 3. The Labute approximate surface area is 225 Å². The van der Waals surface area contributed by atoms with Gasteiger partial charge in [-0.1, -0.05) is 45.0 Å². The van der Waals surface area contributed by atoms with E-state index in [2.05, 4.69) is 60.3 Å². The van der Waals surface area contributed by atoms with Crippen LogP contribution in [0.25, 0.3) is 0 Å². The number of anilines is 1. The van der Waals surface area contributed by atoms with Crippen molar-refractivity contribution in [3.63, 3.8) is 0 Å². The van der Waals surface area contributed by atoms with Crippen LogP contribution in [0.2, 0.25) is 0 Å². The van der Waals surface area contributed by atoms with E-state index in [1.165, 1.54) is 5.56 Å². The Morgan fingerprint density at radius 2 is 1.71 bits per heavy atom. The molecule has 38 heavy (non-hydrogen) atoms. The lowest BCUT2D eigenvalue weighted by atomic mass is 9.95. The summed E-state index contributed by atoms with van der Waals surface area (Å²) in [7, 11) is 3.12. The highest BCUT2D eigenvalue weighted by atomic mass is 16.5. The summed E-state index contributed by atoms with van der Waals surface area (Å²) in [5.74, 6) is 1.49. The standard InChI is InChI=1S/C30H38N4O4/c1-6-13-33(30(36)31-24-17-25(37-4)19-26(18-24)38-5)20-28(35)34-16-15-32-14-7-8-27(32)29(34)23-11-9-22(10-12-23)21(2)3/h7-12,14,17-19,21,29H,6,13,15-16,20H2,1-5H3,(H,31,36). The second-order valence-electron chi connectivity index (χ2n) is 9.89. The second-order valence-corrected chi connectivity index (χ2v) is 9.89. The fraction of sp³-hybridized carbons (Fsp3) is 0.400. The van der Waals surface area contributed by atoms with E-state index in [4.69, 9.17) is 9.47 Å². The molecule has 1 aromatic heterocycles. The summed E-state index contributed by atoms with van der Waals surface area (Å²) in [5.41, 5.74) is 3.95. The maximum atomic E-state index is 13.8. The third-order valence-corrected chi connectivity index (χ3v) is 6.99. The SMILES string of the molecule is CCCN(CC(=O)N1CCn2cccc2C1c1ccc(C(C)C)cc1)C(=O)Nc1cc(OC)cc(OC)c1. The average Bonchev–Trinajstić information content (AvgIpc) is 3.41. The fourth-order valence-corrected chi connectivity index (χ4v) is 4.92. The zero-order chi connectivity index (χ0) is 27.2. The van der Waals surface area contributed by atoms with Crippen molar-refractivity contribution in [1.82, 2.24) is 14.4 Å². The van der Waals surface area contributed by atoms with E-state index in [-0.39, 0.29) is 24.5 Å². The lowest BCUT2D eigenvalue weighted by Crippen LogP contribution is -2.48. The van der Waals surface area contributed by atoms with Crippen LogP contribution in [0.15, 0.2) is 60.8 Å². The van der Waals surface area contributed by atoms with Gasteiger partial charge in [-0.05, 0) is 35.6 Å². The molecule has 3 amide bonds. The molecule has 1 aliphatic rings. The topological polar surface area (TPSA) is 76.0 Å². The van der Waals surface area contributed by atoms with E-state index >= 15 is 0 Å². The first-order chi connectivity index (χ1) is 18.3. The Hall–Kier alpha value is -3.94. The van der Waals surface area contributed by atoms with Gasteiger partial charge in [0.25, 0.3) is 0 Å². The third-order valence-electron chi connectivity index (χ3n) is 6.99. The van der Waals surface area contributed by atoms with Crippen molar-refractivity contribution in [2.45, 2.75) is 45.7 Å². The van der Waals surface area contributed by atoms with Crippen LogP contribution in [0.4, 0.5) is 10.5 Å². The highest BCUT2D eigenvalue weighted by molar-refractivity contribution is 5.93. The quantitative estimate of drug-likeness (QED) is 0.406. The first kappa shape index (κ1) is 27.1. The van der Waals surface area contributed by atoms with Gasteiger partial charge in [-0.2, -0.15) is 0 Å². The number of methoxy groups -OCH3 is 2. The number of fused-ring (bicyclic) bond motifs is 1. The van der Waals surface area contributed by atoms with Gasteiger partial charge in [-0.15, -0.1) is 0 Å². The Balaban J connectivity index is 1.55. The molecule has 1 aliphatic heterocycles. The Kier molecular flexibility index (Phi) is 8.61. The van der Waals surface area contributed by atoms with E-state index in [0.717, 1.165) is 24.2 Å². The van der Waals surface area contributed by atoms with E-state index in [0.29, 0.717) is 36.2 Å². The van der Waals surface area contributed by atoms with Gasteiger partial charge < -0.3 is 29.2 Å². The van der Waals surface area contributed by atoms with Crippen molar-refractivity contribution in [1.29, 1.82) is 0 Å². The smallest absolute Gasteiger partial charge is 0.322 e. The summed E-state index contributed by atoms with van der Waals surface area (Å²) < 4.78 is 12.8. The number of hydrogen-bond acceptors (Lipinski definition) is 4. The predicted molar refractivity (Wildman–Crippen MR) is 149 cm³/mol. The molecule has 2 heterocycles. The van der Waals surface area contributed by atoms with Crippen molar-refractivity contribution in [3.8, 4) is 11.5 Å². The molecule has 0 spiro atoms. The minimum Gasteiger partial charge on any atom is -0.497 e. The molecule has 0 radical (unpaired) electrons. The maximum Gasteiger partial charge on any atom is 0.322 e. The summed E-state index contributed by atoms with van der Waals surface area (Å²) in [6.07, 6.45) is 2.79. The Morgan fingerprint density at radius 3 is 2.32 bits per heavy atom. The number of benzene rings is 2. The fourth-order valence-electron chi connectivity index (χ4n) is 4.92. The first-order valence-corrected chi connectivity index (χ1v) is 13.2. The van der Waals surface area contributed by atoms with E-state index in [1.807, 2.05) is 17.9 Å². The molecule has 0 bridgehead atoms. The maximum absolute atomic E-state index is 13.8. The van der Waals surface area contributed by atoms with Gasteiger partial charge in [0.1, 0.15) is 18.0 Å². The Morgan fingerprint density at radius 1 is 1.03 bits per heavy atom. The summed E-state index contributed by atoms with van der Waals surface area (Å²) in [5, 5.41) is 2.91. The summed E-state index contributed by atoms with van der Waals surface area (Å²) in [4.78, 5) is 30.6. The van der Waals surface area contributed by atoms with Crippen molar-refractivity contribution in [2.24, 2.45) is 0 Å². The number of urea groups is 1. The van der Waals surface area contributed by atoms with Crippen molar-refractivity contribution >= 4 is 17.6 Å². The molecule has 8 nitrogen and oxygen atoms in total. The van der Waals surface area contributed by atoms with Gasteiger partial charge in [0.15, 0.2) is 0 Å². The van der Waals surface area contributed by atoms with E-state index < -0.39 is 0 Å². The zero-order valence-corrected chi connectivity index (χ0v) is 22.9. The molecule has 8 heteroatoms. The molecule has 0 fully saturated rings. The first-order valence-electron chi connectivity index (χ1n) is 13.2. The molecule has 202 valence electrons. The Bertz CT molecular complexity index is 1230. The van der Waals surface area contributed by atoms with Gasteiger partial charge in [0.2, 0.25) is 5.91 Å². The molecule has 1 atom stereocenters. The summed E-state index contributed by atoms with van der Waals surface area (Å²) >= 11 is 0. The number of nitrogens with one attached hydrogen (secondary N) is 1. The van der Waals surface area contributed by atoms with Gasteiger partial charge in [0.05, 0.1) is 20.3 Å². The molecular formula is C30H38N4O4. The van der Waals surface area contributed by atoms with Crippen LogP contribution >= 0.6 is 0 Å². The minimum atomic E-state index is -0.339. The molecule has 2 aromatic carbocycles. The number of carbonyl (C=O) groups is 2. The van der Waals surface area contributed by atoms with Crippen LogP contribution in [-0.2, 0) is 11.3 Å². The molecule has 3 aromatic rings. The zero-order valence-electron chi connectivity index (χ0n) is 22.9. The van der Waals surface area contributed by atoms with E-state index in [1.54, 1.807) is 37.3 Å². The van der Waals surface area contributed by atoms with Crippen molar-refractivity contribution in [2.75, 3.05) is 39.2 Å². The van der Waals surface area contributed by atoms with Crippen LogP contribution in [0, 0.1) is 0 Å². The van der Waals surface area contributed by atoms with Crippen LogP contribution in [-0.4, -0.2) is 60.2 Å².